The van der Waals surface area contributed by atoms with Crippen molar-refractivity contribution in [1.82, 2.24) is 15.1 Å². The normalized spacial score (nSPS) is 35.1. The van der Waals surface area contributed by atoms with Gasteiger partial charge in [0, 0.05) is 24.7 Å². The van der Waals surface area contributed by atoms with E-state index in [2.05, 4.69) is 29.0 Å². The molecular formula is C17H33N3. The Bertz CT molecular complexity index is 299. The highest BCUT2D eigenvalue weighted by atomic mass is 15.2. The number of nitrogens with zero attached hydrogens (tertiary/aromatic N) is 2. The summed E-state index contributed by atoms with van der Waals surface area (Å²) < 4.78 is 0. The van der Waals surface area contributed by atoms with Gasteiger partial charge in [-0.1, -0.05) is 13.3 Å². The van der Waals surface area contributed by atoms with E-state index in [1.165, 1.54) is 71.2 Å². The van der Waals surface area contributed by atoms with E-state index < -0.39 is 0 Å². The van der Waals surface area contributed by atoms with Crippen LogP contribution in [0.5, 0.6) is 0 Å². The van der Waals surface area contributed by atoms with Crippen molar-refractivity contribution in [3.63, 3.8) is 0 Å². The van der Waals surface area contributed by atoms with Gasteiger partial charge in [0.1, 0.15) is 0 Å². The molecule has 0 aromatic carbocycles. The topological polar surface area (TPSA) is 18.5 Å². The molecule has 3 saturated heterocycles. The van der Waals surface area contributed by atoms with Crippen LogP contribution in [0.4, 0.5) is 0 Å². The molecule has 3 fully saturated rings. The maximum atomic E-state index is 4.02. The number of hydrogen-bond acceptors (Lipinski definition) is 3. The molecule has 3 heterocycles. The van der Waals surface area contributed by atoms with Crippen molar-refractivity contribution in [1.29, 1.82) is 0 Å². The summed E-state index contributed by atoms with van der Waals surface area (Å²) in [4.78, 5) is 5.34. The van der Waals surface area contributed by atoms with E-state index in [4.69, 9.17) is 0 Å². The van der Waals surface area contributed by atoms with Gasteiger partial charge >= 0.3 is 0 Å². The fourth-order valence-corrected chi connectivity index (χ4v) is 4.68. The molecule has 0 spiro atoms. The summed E-state index contributed by atoms with van der Waals surface area (Å²) in [5, 5.41) is 4.02. The van der Waals surface area contributed by atoms with Crippen LogP contribution < -0.4 is 5.32 Å². The zero-order valence-electron chi connectivity index (χ0n) is 13.5. The fraction of sp³-hybridized carbons (Fsp3) is 1.00. The second-order valence-corrected chi connectivity index (χ2v) is 7.22. The average molecular weight is 279 g/mol. The van der Waals surface area contributed by atoms with Crippen molar-refractivity contribution in [2.75, 3.05) is 32.7 Å². The summed E-state index contributed by atoms with van der Waals surface area (Å²) in [7, 11) is 0. The molecule has 3 heteroatoms. The van der Waals surface area contributed by atoms with Gasteiger partial charge in [-0.3, -0.25) is 4.90 Å². The van der Waals surface area contributed by atoms with Crippen LogP contribution in [-0.4, -0.2) is 60.6 Å². The van der Waals surface area contributed by atoms with Crippen LogP contribution in [0.15, 0.2) is 0 Å². The standard InChI is InChI=1S/C17H33N3/c1-3-19-11-7-15(8-12-19)14(2)18-16-9-13-20-10-5-4-6-17(16)20/h14-18H,3-13H2,1-2H3. The van der Waals surface area contributed by atoms with E-state index in [-0.39, 0.29) is 0 Å². The van der Waals surface area contributed by atoms with Gasteiger partial charge in [0.05, 0.1) is 0 Å². The van der Waals surface area contributed by atoms with E-state index in [9.17, 15) is 0 Å². The summed E-state index contributed by atoms with van der Waals surface area (Å²) in [6, 6.07) is 2.33. The lowest BCUT2D eigenvalue weighted by Gasteiger charge is -2.38. The molecule has 0 radical (unpaired) electrons. The molecule has 0 bridgehead atoms. The highest BCUT2D eigenvalue weighted by Gasteiger charge is 2.36. The van der Waals surface area contributed by atoms with E-state index >= 15 is 0 Å². The first kappa shape index (κ1) is 14.8. The largest absolute Gasteiger partial charge is 0.310 e. The van der Waals surface area contributed by atoms with Crippen molar-refractivity contribution >= 4 is 0 Å². The number of nitrogens with one attached hydrogen (secondary N) is 1. The second kappa shape index (κ2) is 6.76. The Hall–Kier alpha value is -0.120. The van der Waals surface area contributed by atoms with Crippen LogP contribution in [0.1, 0.15) is 52.4 Å². The quantitative estimate of drug-likeness (QED) is 0.852. The zero-order valence-corrected chi connectivity index (χ0v) is 13.5. The van der Waals surface area contributed by atoms with Crippen LogP contribution in [0, 0.1) is 5.92 Å². The molecule has 3 atom stereocenters. The maximum Gasteiger partial charge on any atom is 0.0249 e. The molecule has 0 aromatic heterocycles. The first-order chi connectivity index (χ1) is 9.78. The molecule has 20 heavy (non-hydrogen) atoms. The summed E-state index contributed by atoms with van der Waals surface area (Å²) >= 11 is 0. The molecule has 3 nitrogen and oxygen atoms in total. The van der Waals surface area contributed by atoms with Crippen molar-refractivity contribution in [2.45, 2.75) is 70.5 Å². The summed E-state index contributed by atoms with van der Waals surface area (Å²) in [5.41, 5.74) is 0. The Morgan fingerprint density at radius 3 is 2.55 bits per heavy atom. The van der Waals surface area contributed by atoms with Crippen LogP contribution in [0.3, 0.4) is 0 Å². The van der Waals surface area contributed by atoms with Crippen molar-refractivity contribution in [3.8, 4) is 0 Å². The van der Waals surface area contributed by atoms with Gasteiger partial charge in [0.2, 0.25) is 0 Å². The third-order valence-electron chi connectivity index (χ3n) is 6.12. The third-order valence-corrected chi connectivity index (χ3v) is 6.12. The lowest BCUT2D eigenvalue weighted by Crippen LogP contribution is -2.50. The summed E-state index contributed by atoms with van der Waals surface area (Å²) in [6.45, 7) is 11.3. The maximum absolute atomic E-state index is 4.02. The molecule has 3 unspecified atom stereocenters. The molecule has 0 aliphatic carbocycles. The van der Waals surface area contributed by atoms with Gasteiger partial charge in [0.15, 0.2) is 0 Å². The minimum Gasteiger partial charge on any atom is -0.310 e. The summed E-state index contributed by atoms with van der Waals surface area (Å²) in [6.07, 6.45) is 8.46. The number of hydrogen-bond donors (Lipinski definition) is 1. The average Bonchev–Trinajstić information content (AvgIpc) is 2.91. The second-order valence-electron chi connectivity index (χ2n) is 7.22. The zero-order chi connectivity index (χ0) is 13.9. The number of fused-ring (bicyclic) bond motifs is 1. The predicted octanol–water partition coefficient (Wildman–Crippen LogP) is 2.32. The monoisotopic (exact) mass is 279 g/mol. The molecular weight excluding hydrogens is 246 g/mol. The Morgan fingerprint density at radius 1 is 1.00 bits per heavy atom. The Morgan fingerprint density at radius 2 is 1.80 bits per heavy atom. The van der Waals surface area contributed by atoms with Crippen LogP contribution in [0.25, 0.3) is 0 Å². The SMILES string of the molecule is CCN1CCC(C(C)NC2CCN3CCCCC23)CC1. The van der Waals surface area contributed by atoms with Crippen molar-refractivity contribution in [2.24, 2.45) is 5.92 Å². The van der Waals surface area contributed by atoms with E-state index in [0.717, 1.165) is 18.0 Å². The van der Waals surface area contributed by atoms with Crippen LogP contribution in [-0.2, 0) is 0 Å². The molecule has 0 amide bonds. The molecule has 0 aromatic rings. The summed E-state index contributed by atoms with van der Waals surface area (Å²) in [5.74, 6) is 0.899. The number of piperidine rings is 2. The van der Waals surface area contributed by atoms with E-state index in [1.807, 2.05) is 0 Å². The predicted molar refractivity (Wildman–Crippen MR) is 85.1 cm³/mol. The third kappa shape index (κ3) is 3.20. The Balaban J connectivity index is 1.48. The van der Waals surface area contributed by atoms with Gasteiger partial charge in [-0.25, -0.2) is 0 Å². The lowest BCUT2D eigenvalue weighted by molar-refractivity contribution is 0.146. The van der Waals surface area contributed by atoms with Crippen LogP contribution >= 0.6 is 0 Å². The first-order valence-electron chi connectivity index (χ1n) is 9.00. The minimum absolute atomic E-state index is 0.709. The van der Waals surface area contributed by atoms with E-state index in [0.29, 0.717) is 6.04 Å². The Labute approximate surface area is 125 Å². The molecule has 3 aliphatic heterocycles. The molecule has 3 aliphatic rings. The molecule has 3 rings (SSSR count). The smallest absolute Gasteiger partial charge is 0.0249 e. The Kier molecular flexibility index (Phi) is 5.00. The fourth-order valence-electron chi connectivity index (χ4n) is 4.68. The molecule has 1 N–H and O–H groups in total. The number of rotatable bonds is 4. The van der Waals surface area contributed by atoms with Gasteiger partial charge in [-0.05, 0) is 71.1 Å². The van der Waals surface area contributed by atoms with Crippen molar-refractivity contribution in [3.05, 3.63) is 0 Å². The van der Waals surface area contributed by atoms with Gasteiger partial charge in [-0.2, -0.15) is 0 Å². The minimum atomic E-state index is 0.709. The highest BCUT2D eigenvalue weighted by molar-refractivity contribution is 4.95. The lowest BCUT2D eigenvalue weighted by atomic mass is 9.89. The first-order valence-corrected chi connectivity index (χ1v) is 9.00. The van der Waals surface area contributed by atoms with Gasteiger partial charge in [-0.15, -0.1) is 0 Å². The number of likely N-dealkylation sites (tertiary alicyclic amines) is 1. The van der Waals surface area contributed by atoms with Gasteiger partial charge in [0.25, 0.3) is 0 Å². The highest BCUT2D eigenvalue weighted by Crippen LogP contribution is 2.29. The van der Waals surface area contributed by atoms with Gasteiger partial charge < -0.3 is 10.2 Å². The van der Waals surface area contributed by atoms with E-state index in [1.54, 1.807) is 0 Å². The molecule has 116 valence electrons. The molecule has 0 saturated carbocycles. The van der Waals surface area contributed by atoms with Crippen LogP contribution in [0.2, 0.25) is 0 Å². The van der Waals surface area contributed by atoms with Crippen molar-refractivity contribution < 1.29 is 0 Å².